The van der Waals surface area contributed by atoms with Gasteiger partial charge in [-0.05, 0) is 25.0 Å². The van der Waals surface area contributed by atoms with Crippen LogP contribution in [0.4, 0.5) is 10.1 Å². The number of amides is 1. The van der Waals surface area contributed by atoms with Gasteiger partial charge < -0.3 is 11.1 Å². The first-order chi connectivity index (χ1) is 7.56. The molecule has 1 atom stereocenters. The number of aryl methyl sites for hydroxylation is 1. The molecule has 0 radical (unpaired) electrons. The molecule has 0 saturated carbocycles. The number of benzene rings is 1. The quantitative estimate of drug-likeness (QED) is 0.765. The van der Waals surface area contributed by atoms with Crippen LogP contribution in [0.15, 0.2) is 30.9 Å². The first kappa shape index (κ1) is 12.4. The molecule has 1 aromatic rings. The van der Waals surface area contributed by atoms with E-state index in [2.05, 4.69) is 11.9 Å². The van der Waals surface area contributed by atoms with E-state index in [1.165, 1.54) is 6.07 Å². The van der Waals surface area contributed by atoms with Crippen molar-refractivity contribution in [2.45, 2.75) is 19.4 Å². The summed E-state index contributed by atoms with van der Waals surface area (Å²) in [5, 5.41) is 2.48. The Balaban J connectivity index is 2.80. The van der Waals surface area contributed by atoms with Gasteiger partial charge in [0.2, 0.25) is 5.91 Å². The van der Waals surface area contributed by atoms with Gasteiger partial charge in [0, 0.05) is 0 Å². The van der Waals surface area contributed by atoms with Gasteiger partial charge in [0.05, 0.1) is 11.7 Å². The maximum atomic E-state index is 13.4. The van der Waals surface area contributed by atoms with Crippen LogP contribution in [-0.2, 0) is 4.79 Å². The first-order valence-corrected chi connectivity index (χ1v) is 4.98. The molecule has 0 heterocycles. The molecule has 16 heavy (non-hydrogen) atoms. The summed E-state index contributed by atoms with van der Waals surface area (Å²) >= 11 is 0. The Bertz CT molecular complexity index is 384. The largest absolute Gasteiger partial charge is 0.322 e. The van der Waals surface area contributed by atoms with Gasteiger partial charge in [0.15, 0.2) is 0 Å². The van der Waals surface area contributed by atoms with Crippen molar-refractivity contribution in [3.63, 3.8) is 0 Å². The van der Waals surface area contributed by atoms with E-state index in [1.807, 2.05) is 0 Å². The van der Waals surface area contributed by atoms with Crippen molar-refractivity contribution < 1.29 is 9.18 Å². The van der Waals surface area contributed by atoms with Crippen molar-refractivity contribution in [3.8, 4) is 0 Å². The third-order valence-corrected chi connectivity index (χ3v) is 2.23. The minimum Gasteiger partial charge on any atom is -0.322 e. The van der Waals surface area contributed by atoms with Crippen LogP contribution in [0.2, 0.25) is 0 Å². The second-order valence-electron chi connectivity index (χ2n) is 3.55. The van der Waals surface area contributed by atoms with Crippen molar-refractivity contribution in [2.24, 2.45) is 5.73 Å². The van der Waals surface area contributed by atoms with Crippen LogP contribution in [0.25, 0.3) is 0 Å². The summed E-state index contributed by atoms with van der Waals surface area (Å²) < 4.78 is 13.4. The van der Waals surface area contributed by atoms with Crippen molar-refractivity contribution in [3.05, 3.63) is 42.2 Å². The number of hydrogen-bond acceptors (Lipinski definition) is 2. The normalized spacial score (nSPS) is 11.9. The van der Waals surface area contributed by atoms with Gasteiger partial charge in [0.1, 0.15) is 5.82 Å². The number of nitrogens with two attached hydrogens (primary N) is 1. The zero-order valence-corrected chi connectivity index (χ0v) is 9.16. The van der Waals surface area contributed by atoms with Crippen LogP contribution in [-0.4, -0.2) is 11.9 Å². The number of hydrogen-bond donors (Lipinski definition) is 2. The monoisotopic (exact) mass is 222 g/mol. The van der Waals surface area contributed by atoms with E-state index in [0.717, 1.165) is 0 Å². The topological polar surface area (TPSA) is 55.1 Å². The maximum Gasteiger partial charge on any atom is 0.241 e. The summed E-state index contributed by atoms with van der Waals surface area (Å²) in [7, 11) is 0. The molecule has 1 rings (SSSR count). The lowest BCUT2D eigenvalue weighted by molar-refractivity contribution is -0.117. The molecular formula is C12H15FN2O. The number of rotatable bonds is 4. The van der Waals surface area contributed by atoms with Crippen molar-refractivity contribution in [1.29, 1.82) is 0 Å². The number of carbonyl (C=O) groups is 1. The zero-order chi connectivity index (χ0) is 12.1. The molecule has 0 saturated heterocycles. The van der Waals surface area contributed by atoms with Gasteiger partial charge in [-0.25, -0.2) is 4.39 Å². The third-order valence-electron chi connectivity index (χ3n) is 2.23. The van der Waals surface area contributed by atoms with Gasteiger partial charge in [-0.1, -0.05) is 18.2 Å². The highest BCUT2D eigenvalue weighted by Gasteiger charge is 2.14. The highest BCUT2D eigenvalue weighted by molar-refractivity contribution is 5.95. The molecule has 0 aliphatic heterocycles. The summed E-state index contributed by atoms with van der Waals surface area (Å²) in [5.41, 5.74) is 6.42. The highest BCUT2D eigenvalue weighted by Crippen LogP contribution is 2.18. The Kier molecular flexibility index (Phi) is 4.19. The van der Waals surface area contributed by atoms with Crippen LogP contribution in [0, 0.1) is 12.7 Å². The molecule has 0 aliphatic carbocycles. The van der Waals surface area contributed by atoms with E-state index in [1.54, 1.807) is 25.1 Å². The Morgan fingerprint density at radius 2 is 2.38 bits per heavy atom. The molecule has 0 spiro atoms. The molecule has 3 N–H and O–H groups in total. The number of nitrogens with one attached hydrogen (secondary N) is 1. The first-order valence-electron chi connectivity index (χ1n) is 4.98. The predicted octanol–water partition coefficient (Wildman–Crippen LogP) is 1.98. The SMILES string of the molecule is C=CCC(N)C(=O)Nc1c(C)cccc1F. The zero-order valence-electron chi connectivity index (χ0n) is 9.16. The lowest BCUT2D eigenvalue weighted by Crippen LogP contribution is -2.35. The molecule has 3 nitrogen and oxygen atoms in total. The van der Waals surface area contributed by atoms with Crippen LogP contribution in [0.5, 0.6) is 0 Å². The van der Waals surface area contributed by atoms with Gasteiger partial charge >= 0.3 is 0 Å². The second-order valence-corrected chi connectivity index (χ2v) is 3.55. The molecule has 0 fully saturated rings. The Hall–Kier alpha value is -1.68. The van der Waals surface area contributed by atoms with Crippen molar-refractivity contribution >= 4 is 11.6 Å². The van der Waals surface area contributed by atoms with E-state index >= 15 is 0 Å². The smallest absolute Gasteiger partial charge is 0.241 e. The molecule has 86 valence electrons. The summed E-state index contributed by atoms with van der Waals surface area (Å²) in [6, 6.07) is 3.90. The van der Waals surface area contributed by atoms with Gasteiger partial charge in [-0.15, -0.1) is 6.58 Å². The standard InChI is InChI=1S/C12H15FN2O/c1-3-5-10(14)12(16)15-11-8(2)6-4-7-9(11)13/h3-4,6-7,10H,1,5,14H2,2H3,(H,15,16). The number of carbonyl (C=O) groups excluding carboxylic acids is 1. The highest BCUT2D eigenvalue weighted by atomic mass is 19.1. The molecular weight excluding hydrogens is 207 g/mol. The number of halogens is 1. The van der Waals surface area contributed by atoms with Gasteiger partial charge in [-0.3, -0.25) is 4.79 Å². The summed E-state index contributed by atoms with van der Waals surface area (Å²) in [5.74, 6) is -0.868. The van der Waals surface area contributed by atoms with Crippen LogP contribution < -0.4 is 11.1 Å². The fraction of sp³-hybridized carbons (Fsp3) is 0.250. The molecule has 1 aromatic carbocycles. The molecule has 1 amide bonds. The van der Waals surface area contributed by atoms with Crippen LogP contribution in [0.1, 0.15) is 12.0 Å². The van der Waals surface area contributed by atoms with Gasteiger partial charge in [0.25, 0.3) is 0 Å². The summed E-state index contributed by atoms with van der Waals surface area (Å²) in [4.78, 5) is 11.6. The van der Waals surface area contributed by atoms with Crippen LogP contribution in [0.3, 0.4) is 0 Å². The van der Waals surface area contributed by atoms with E-state index < -0.39 is 17.8 Å². The number of anilines is 1. The van der Waals surface area contributed by atoms with Crippen molar-refractivity contribution in [2.75, 3.05) is 5.32 Å². The van der Waals surface area contributed by atoms with E-state index in [0.29, 0.717) is 12.0 Å². The Morgan fingerprint density at radius 1 is 1.69 bits per heavy atom. The summed E-state index contributed by atoms with van der Waals surface area (Å²) in [6.45, 7) is 5.21. The van der Waals surface area contributed by atoms with Gasteiger partial charge in [-0.2, -0.15) is 0 Å². The van der Waals surface area contributed by atoms with Crippen molar-refractivity contribution in [1.82, 2.24) is 0 Å². The molecule has 0 aromatic heterocycles. The lowest BCUT2D eigenvalue weighted by atomic mass is 10.1. The third kappa shape index (κ3) is 2.90. The molecule has 1 unspecified atom stereocenters. The van der Waals surface area contributed by atoms with E-state index in [4.69, 9.17) is 5.73 Å². The van der Waals surface area contributed by atoms with E-state index in [-0.39, 0.29) is 5.69 Å². The van der Waals surface area contributed by atoms with Crippen LogP contribution >= 0.6 is 0 Å². The molecule has 0 bridgehead atoms. The minimum absolute atomic E-state index is 0.187. The average Bonchev–Trinajstić information content (AvgIpc) is 2.23. The Morgan fingerprint density at radius 3 is 2.94 bits per heavy atom. The molecule has 4 heteroatoms. The number of para-hydroxylation sites is 1. The maximum absolute atomic E-state index is 13.4. The average molecular weight is 222 g/mol. The molecule has 0 aliphatic rings. The minimum atomic E-state index is -0.698. The fourth-order valence-electron chi connectivity index (χ4n) is 1.29. The Labute approximate surface area is 94.1 Å². The summed E-state index contributed by atoms with van der Waals surface area (Å²) in [6.07, 6.45) is 1.91. The lowest BCUT2D eigenvalue weighted by Gasteiger charge is -2.12. The second kappa shape index (κ2) is 5.42. The fourth-order valence-corrected chi connectivity index (χ4v) is 1.29. The predicted molar refractivity (Wildman–Crippen MR) is 62.6 cm³/mol. The van der Waals surface area contributed by atoms with E-state index in [9.17, 15) is 9.18 Å².